The van der Waals surface area contributed by atoms with Crippen molar-refractivity contribution in [3.8, 4) is 0 Å². The summed E-state index contributed by atoms with van der Waals surface area (Å²) >= 11 is 1.75. The molecule has 0 saturated heterocycles. The number of fused-ring (bicyclic) bond motifs is 2. The summed E-state index contributed by atoms with van der Waals surface area (Å²) in [7, 11) is 0. The molecule has 0 spiro atoms. The second kappa shape index (κ2) is 7.50. The van der Waals surface area contributed by atoms with E-state index in [9.17, 15) is 4.79 Å². The number of carbonyl (C=O) groups excluding carboxylic acids is 1. The van der Waals surface area contributed by atoms with E-state index in [2.05, 4.69) is 16.8 Å². The summed E-state index contributed by atoms with van der Waals surface area (Å²) in [6.45, 7) is 7.85. The molecule has 0 bridgehead atoms. The molecule has 2 aliphatic rings. The highest BCUT2D eigenvalue weighted by atomic mass is 32.1. The maximum absolute atomic E-state index is 12.1. The fourth-order valence-corrected chi connectivity index (χ4v) is 4.59. The first-order valence-corrected chi connectivity index (χ1v) is 10.6. The molecule has 0 radical (unpaired) electrons. The quantitative estimate of drug-likeness (QED) is 0.800. The molecule has 0 aromatic carbocycles. The molecule has 6 heteroatoms. The summed E-state index contributed by atoms with van der Waals surface area (Å²) in [6, 6.07) is 0. The Hall–Kier alpha value is -2.08. The van der Waals surface area contributed by atoms with E-state index in [1.54, 1.807) is 11.3 Å². The number of rotatable bonds is 4. The average Bonchev–Trinajstić information content (AvgIpc) is 3.00. The molecule has 142 valence electrons. The maximum atomic E-state index is 12.1. The molecule has 0 fully saturated rings. The van der Waals surface area contributed by atoms with Crippen LogP contribution in [0.4, 0.5) is 5.13 Å². The van der Waals surface area contributed by atoms with Crippen LogP contribution in [0.1, 0.15) is 55.1 Å². The summed E-state index contributed by atoms with van der Waals surface area (Å²) in [5.74, 6) is 0.259. The number of Topliss-reactive ketones (excluding diaryl/α,β-unsaturated/α-hetero) is 1. The van der Waals surface area contributed by atoms with Gasteiger partial charge in [-0.1, -0.05) is 19.4 Å². The van der Waals surface area contributed by atoms with Crippen LogP contribution < -0.4 is 4.90 Å². The fourth-order valence-electron chi connectivity index (χ4n) is 3.81. The molecule has 2 aromatic rings. The van der Waals surface area contributed by atoms with Gasteiger partial charge >= 0.3 is 0 Å². The molecule has 1 aliphatic heterocycles. The Balaban J connectivity index is 1.63. The Morgan fingerprint density at radius 3 is 2.81 bits per heavy atom. The lowest BCUT2D eigenvalue weighted by atomic mass is 9.96. The van der Waals surface area contributed by atoms with E-state index in [1.165, 1.54) is 16.0 Å². The normalized spacial score (nSPS) is 17.0. The van der Waals surface area contributed by atoms with E-state index in [-0.39, 0.29) is 11.7 Å². The number of hydrogen-bond donors (Lipinski definition) is 0. The smallest absolute Gasteiger partial charge is 0.185 e. The van der Waals surface area contributed by atoms with Gasteiger partial charge in [0.05, 0.1) is 23.5 Å². The second-order valence-corrected chi connectivity index (χ2v) is 9.03. The van der Waals surface area contributed by atoms with Gasteiger partial charge in [0, 0.05) is 36.3 Å². The van der Waals surface area contributed by atoms with Gasteiger partial charge in [-0.2, -0.15) is 0 Å². The van der Waals surface area contributed by atoms with Gasteiger partial charge in [-0.15, -0.1) is 11.3 Å². The molecule has 0 amide bonds. The van der Waals surface area contributed by atoms with Crippen LogP contribution in [0.5, 0.6) is 0 Å². The fraction of sp³-hybridized carbons (Fsp3) is 0.524. The number of ketones is 1. The van der Waals surface area contributed by atoms with E-state index in [0.29, 0.717) is 6.42 Å². The molecule has 0 saturated carbocycles. The third kappa shape index (κ3) is 3.81. The first-order chi connectivity index (χ1) is 13.0. The highest BCUT2D eigenvalue weighted by Crippen LogP contribution is 2.36. The number of thiazole rings is 1. The second-order valence-electron chi connectivity index (χ2n) is 7.82. The standard InChI is InChI=1S/C21H26N4OS/c1-13(2)19(26)9-16-11-22-20-17-12-25(21-23-10-14(3)27-21)8-7-15(17)5-4-6-18(20)24-16/h10-11,13H,4-9,12H2,1-3H3. The average molecular weight is 383 g/mol. The minimum absolute atomic E-state index is 0.0357. The predicted octanol–water partition coefficient (Wildman–Crippen LogP) is 4.01. The number of nitrogens with zero attached hydrogens (tertiary/aromatic N) is 4. The minimum Gasteiger partial charge on any atom is -0.343 e. The van der Waals surface area contributed by atoms with Gasteiger partial charge < -0.3 is 4.90 Å². The molecular weight excluding hydrogens is 356 g/mol. The van der Waals surface area contributed by atoms with Gasteiger partial charge in [-0.3, -0.25) is 14.8 Å². The van der Waals surface area contributed by atoms with Crippen molar-refractivity contribution in [2.24, 2.45) is 5.92 Å². The molecule has 0 atom stereocenters. The molecule has 27 heavy (non-hydrogen) atoms. The van der Waals surface area contributed by atoms with Crippen molar-refractivity contribution in [2.45, 2.75) is 52.9 Å². The van der Waals surface area contributed by atoms with Crippen molar-refractivity contribution in [2.75, 3.05) is 18.0 Å². The van der Waals surface area contributed by atoms with Crippen LogP contribution in [0.2, 0.25) is 0 Å². The Morgan fingerprint density at radius 1 is 1.22 bits per heavy atom. The van der Waals surface area contributed by atoms with Gasteiger partial charge in [0.25, 0.3) is 0 Å². The van der Waals surface area contributed by atoms with Crippen molar-refractivity contribution in [3.05, 3.63) is 39.9 Å². The zero-order valence-electron chi connectivity index (χ0n) is 16.3. The number of aromatic nitrogens is 3. The van der Waals surface area contributed by atoms with E-state index in [0.717, 1.165) is 61.0 Å². The van der Waals surface area contributed by atoms with Crippen LogP contribution >= 0.6 is 11.3 Å². The summed E-state index contributed by atoms with van der Waals surface area (Å²) < 4.78 is 0. The molecule has 4 rings (SSSR count). The minimum atomic E-state index is 0.0357. The van der Waals surface area contributed by atoms with Crippen molar-refractivity contribution in [1.82, 2.24) is 15.0 Å². The van der Waals surface area contributed by atoms with Gasteiger partial charge in [-0.25, -0.2) is 4.98 Å². The highest BCUT2D eigenvalue weighted by Gasteiger charge is 2.27. The molecule has 0 N–H and O–H groups in total. The van der Waals surface area contributed by atoms with Crippen LogP contribution in [-0.2, 0) is 17.6 Å². The molecule has 1 aliphatic carbocycles. The largest absolute Gasteiger partial charge is 0.343 e. The number of hydrogen-bond acceptors (Lipinski definition) is 6. The zero-order valence-corrected chi connectivity index (χ0v) is 17.1. The van der Waals surface area contributed by atoms with Gasteiger partial charge in [0.15, 0.2) is 5.13 Å². The molecule has 0 unspecified atom stereocenters. The van der Waals surface area contributed by atoms with E-state index in [4.69, 9.17) is 9.97 Å². The Bertz CT molecular complexity index is 899. The lowest BCUT2D eigenvalue weighted by Crippen LogP contribution is -2.31. The number of carbonyl (C=O) groups is 1. The van der Waals surface area contributed by atoms with Gasteiger partial charge in [-0.05, 0) is 38.2 Å². The zero-order chi connectivity index (χ0) is 19.0. The van der Waals surface area contributed by atoms with Crippen LogP contribution in [0.3, 0.4) is 0 Å². The van der Waals surface area contributed by atoms with E-state index < -0.39 is 0 Å². The Labute approximate surface area is 164 Å². The topological polar surface area (TPSA) is 59.0 Å². The van der Waals surface area contributed by atoms with Crippen LogP contribution in [0.25, 0.3) is 5.57 Å². The lowest BCUT2D eigenvalue weighted by Gasteiger charge is -2.30. The predicted molar refractivity (Wildman–Crippen MR) is 109 cm³/mol. The van der Waals surface area contributed by atoms with Gasteiger partial charge in [0.1, 0.15) is 5.78 Å². The Kier molecular flexibility index (Phi) is 5.08. The lowest BCUT2D eigenvalue weighted by molar-refractivity contribution is -0.121. The van der Waals surface area contributed by atoms with Crippen LogP contribution in [-0.4, -0.2) is 33.8 Å². The summed E-state index contributed by atoms with van der Waals surface area (Å²) in [5, 5.41) is 1.09. The van der Waals surface area contributed by atoms with Crippen LogP contribution in [0.15, 0.2) is 18.0 Å². The SMILES string of the molecule is Cc1cnc(N2CCC3=C(C2)c2ncc(CC(=O)C(C)C)nc2CCC3)s1. The first-order valence-electron chi connectivity index (χ1n) is 9.77. The third-order valence-electron chi connectivity index (χ3n) is 5.41. The summed E-state index contributed by atoms with van der Waals surface area (Å²) in [6.07, 6.45) is 8.38. The van der Waals surface area contributed by atoms with Crippen molar-refractivity contribution in [3.63, 3.8) is 0 Å². The molecule has 3 heterocycles. The van der Waals surface area contributed by atoms with Crippen molar-refractivity contribution >= 4 is 27.8 Å². The van der Waals surface area contributed by atoms with Crippen molar-refractivity contribution < 1.29 is 4.79 Å². The van der Waals surface area contributed by atoms with E-state index in [1.807, 2.05) is 26.2 Å². The highest BCUT2D eigenvalue weighted by molar-refractivity contribution is 7.15. The summed E-state index contributed by atoms with van der Waals surface area (Å²) in [5.41, 5.74) is 5.77. The molecular formula is C21H26N4OS. The maximum Gasteiger partial charge on any atom is 0.185 e. The summed E-state index contributed by atoms with van der Waals surface area (Å²) in [4.78, 5) is 29.9. The number of anilines is 1. The van der Waals surface area contributed by atoms with Crippen molar-refractivity contribution in [1.29, 1.82) is 0 Å². The molecule has 5 nitrogen and oxygen atoms in total. The first kappa shape index (κ1) is 18.3. The van der Waals surface area contributed by atoms with Crippen LogP contribution in [0, 0.1) is 12.8 Å². The monoisotopic (exact) mass is 382 g/mol. The van der Waals surface area contributed by atoms with Gasteiger partial charge in [0.2, 0.25) is 0 Å². The molecule has 2 aromatic heterocycles. The number of aryl methyl sites for hydroxylation is 2. The Morgan fingerprint density at radius 2 is 2.07 bits per heavy atom. The third-order valence-corrected chi connectivity index (χ3v) is 6.38. The van der Waals surface area contributed by atoms with E-state index >= 15 is 0 Å².